The van der Waals surface area contributed by atoms with Crippen molar-refractivity contribution in [2.75, 3.05) is 18.0 Å². The summed E-state index contributed by atoms with van der Waals surface area (Å²) in [6, 6.07) is 11.3. The minimum Gasteiger partial charge on any atom is -0.357 e. The van der Waals surface area contributed by atoms with Crippen molar-refractivity contribution in [3.63, 3.8) is 0 Å². The van der Waals surface area contributed by atoms with Crippen molar-refractivity contribution in [3.05, 3.63) is 64.4 Å². The number of nitrogens with one attached hydrogen (secondary N) is 1. The van der Waals surface area contributed by atoms with Gasteiger partial charge in [-0.3, -0.25) is 9.78 Å². The molecule has 0 radical (unpaired) electrons. The molecule has 0 aliphatic heterocycles. The molecule has 140 valence electrons. The van der Waals surface area contributed by atoms with E-state index in [1.807, 2.05) is 37.3 Å². The van der Waals surface area contributed by atoms with Gasteiger partial charge in [-0.05, 0) is 56.7 Å². The van der Waals surface area contributed by atoms with Crippen LogP contribution >= 0.6 is 11.6 Å². The second kappa shape index (κ2) is 8.35. The first-order valence-corrected chi connectivity index (χ1v) is 9.44. The van der Waals surface area contributed by atoms with Crippen LogP contribution in [0.3, 0.4) is 0 Å². The zero-order valence-electron chi connectivity index (χ0n) is 15.8. The highest BCUT2D eigenvalue weighted by Gasteiger charge is 2.12. The molecule has 0 fully saturated rings. The van der Waals surface area contributed by atoms with Crippen molar-refractivity contribution >= 4 is 34.2 Å². The van der Waals surface area contributed by atoms with Gasteiger partial charge in [-0.2, -0.15) is 0 Å². The Labute approximate surface area is 164 Å². The first kappa shape index (κ1) is 19.1. The van der Waals surface area contributed by atoms with Crippen LogP contribution in [0.25, 0.3) is 10.9 Å². The van der Waals surface area contributed by atoms with Crippen LogP contribution in [-0.2, 0) is 6.54 Å². The Balaban J connectivity index is 1.72. The molecule has 6 heteroatoms. The number of halogens is 1. The number of carbonyl (C=O) groups excluding carboxylic acids is 1. The molecule has 0 aliphatic carbocycles. The highest BCUT2D eigenvalue weighted by atomic mass is 35.5. The highest BCUT2D eigenvalue weighted by molar-refractivity contribution is 6.31. The van der Waals surface area contributed by atoms with Gasteiger partial charge in [0.1, 0.15) is 5.82 Å². The van der Waals surface area contributed by atoms with Gasteiger partial charge in [-0.15, -0.1) is 0 Å². The smallest absolute Gasteiger partial charge is 0.253 e. The quantitative estimate of drug-likeness (QED) is 0.687. The van der Waals surface area contributed by atoms with Gasteiger partial charge < -0.3 is 10.2 Å². The highest BCUT2D eigenvalue weighted by Crippen LogP contribution is 2.21. The van der Waals surface area contributed by atoms with E-state index < -0.39 is 0 Å². The molecule has 1 N–H and O–H groups in total. The van der Waals surface area contributed by atoms with E-state index in [9.17, 15) is 4.79 Å². The van der Waals surface area contributed by atoms with Gasteiger partial charge in [0.25, 0.3) is 5.91 Å². The van der Waals surface area contributed by atoms with Gasteiger partial charge in [0.05, 0.1) is 16.8 Å². The molecule has 3 aromatic rings. The topological polar surface area (TPSA) is 58.1 Å². The number of anilines is 1. The molecule has 1 amide bonds. The number of aryl methyl sites for hydroxylation is 1. The third-order valence-electron chi connectivity index (χ3n) is 4.56. The fourth-order valence-corrected chi connectivity index (χ4v) is 3.19. The van der Waals surface area contributed by atoms with Crippen molar-refractivity contribution < 1.29 is 4.79 Å². The fourth-order valence-electron chi connectivity index (χ4n) is 3.01. The largest absolute Gasteiger partial charge is 0.357 e. The number of amides is 1. The van der Waals surface area contributed by atoms with Crippen LogP contribution in [-0.4, -0.2) is 29.0 Å². The molecule has 0 aliphatic rings. The first-order chi connectivity index (χ1) is 13.0. The number of pyridine rings is 2. The molecule has 27 heavy (non-hydrogen) atoms. The van der Waals surface area contributed by atoms with Crippen molar-refractivity contribution in [2.45, 2.75) is 27.3 Å². The van der Waals surface area contributed by atoms with Crippen LogP contribution in [0.15, 0.2) is 42.6 Å². The molecule has 2 aromatic heterocycles. The summed E-state index contributed by atoms with van der Waals surface area (Å²) in [7, 11) is 0. The number of nitrogens with zero attached hydrogens (tertiary/aromatic N) is 3. The van der Waals surface area contributed by atoms with Crippen LogP contribution in [0.2, 0.25) is 5.02 Å². The average Bonchev–Trinajstić information content (AvgIpc) is 2.68. The summed E-state index contributed by atoms with van der Waals surface area (Å²) in [4.78, 5) is 23.8. The van der Waals surface area contributed by atoms with Crippen molar-refractivity contribution in [1.82, 2.24) is 15.3 Å². The lowest BCUT2D eigenvalue weighted by Crippen LogP contribution is -2.25. The molecule has 2 heterocycles. The van der Waals surface area contributed by atoms with Crippen molar-refractivity contribution in [2.24, 2.45) is 0 Å². The summed E-state index contributed by atoms with van der Waals surface area (Å²) >= 11 is 6.05. The predicted molar refractivity (Wildman–Crippen MR) is 110 cm³/mol. The summed E-state index contributed by atoms with van der Waals surface area (Å²) in [6.45, 7) is 8.29. The third-order valence-corrected chi connectivity index (χ3v) is 4.80. The SMILES string of the molecule is CCN(CC)c1ccc(CNC(=O)c2cc3cc(Cl)ccc3nc2C)cn1. The summed E-state index contributed by atoms with van der Waals surface area (Å²) in [5.41, 5.74) is 3.02. The molecule has 0 atom stereocenters. The van der Waals surface area contributed by atoms with Gasteiger partial charge >= 0.3 is 0 Å². The van der Waals surface area contributed by atoms with Crippen LogP contribution < -0.4 is 10.2 Å². The Morgan fingerprint density at radius 3 is 2.59 bits per heavy atom. The van der Waals surface area contributed by atoms with E-state index in [1.165, 1.54) is 0 Å². The van der Waals surface area contributed by atoms with E-state index in [2.05, 4.69) is 34.0 Å². The first-order valence-electron chi connectivity index (χ1n) is 9.06. The van der Waals surface area contributed by atoms with E-state index in [4.69, 9.17) is 11.6 Å². The van der Waals surface area contributed by atoms with Crippen LogP contribution in [0, 0.1) is 6.92 Å². The van der Waals surface area contributed by atoms with Gasteiger partial charge in [0.15, 0.2) is 0 Å². The van der Waals surface area contributed by atoms with E-state index in [0.29, 0.717) is 22.8 Å². The van der Waals surface area contributed by atoms with E-state index in [-0.39, 0.29) is 5.91 Å². The third kappa shape index (κ3) is 4.37. The van der Waals surface area contributed by atoms with Gasteiger partial charge in [0, 0.05) is 36.2 Å². The molecular formula is C21H23ClN4O. The minimum atomic E-state index is -0.158. The lowest BCUT2D eigenvalue weighted by Gasteiger charge is -2.19. The average molecular weight is 383 g/mol. The molecule has 0 unspecified atom stereocenters. The summed E-state index contributed by atoms with van der Waals surface area (Å²) in [6.07, 6.45) is 1.80. The van der Waals surface area contributed by atoms with Crippen LogP contribution in [0.5, 0.6) is 0 Å². The van der Waals surface area contributed by atoms with Crippen molar-refractivity contribution in [3.8, 4) is 0 Å². The van der Waals surface area contributed by atoms with E-state index >= 15 is 0 Å². The lowest BCUT2D eigenvalue weighted by atomic mass is 10.1. The molecule has 0 saturated carbocycles. The summed E-state index contributed by atoms with van der Waals surface area (Å²) in [5, 5.41) is 4.42. The molecular weight excluding hydrogens is 360 g/mol. The molecule has 3 rings (SSSR count). The van der Waals surface area contributed by atoms with Crippen LogP contribution in [0.1, 0.15) is 35.5 Å². The number of carbonyl (C=O) groups is 1. The van der Waals surface area contributed by atoms with E-state index in [1.54, 1.807) is 12.3 Å². The van der Waals surface area contributed by atoms with Crippen molar-refractivity contribution in [1.29, 1.82) is 0 Å². The Morgan fingerprint density at radius 1 is 1.15 bits per heavy atom. The Bertz CT molecular complexity index is 952. The number of hydrogen-bond donors (Lipinski definition) is 1. The molecule has 1 aromatic carbocycles. The second-order valence-electron chi connectivity index (χ2n) is 6.34. The fraction of sp³-hybridized carbons (Fsp3) is 0.286. The molecule has 5 nitrogen and oxygen atoms in total. The molecule has 0 bridgehead atoms. The number of rotatable bonds is 6. The monoisotopic (exact) mass is 382 g/mol. The summed E-state index contributed by atoms with van der Waals surface area (Å²) in [5.74, 6) is 0.788. The van der Waals surface area contributed by atoms with Crippen LogP contribution in [0.4, 0.5) is 5.82 Å². The zero-order chi connectivity index (χ0) is 19.4. The van der Waals surface area contributed by atoms with E-state index in [0.717, 1.165) is 35.4 Å². The molecule has 0 spiro atoms. The zero-order valence-corrected chi connectivity index (χ0v) is 16.5. The minimum absolute atomic E-state index is 0.158. The number of hydrogen-bond acceptors (Lipinski definition) is 4. The summed E-state index contributed by atoms with van der Waals surface area (Å²) < 4.78 is 0. The lowest BCUT2D eigenvalue weighted by molar-refractivity contribution is 0.0950. The standard InChI is InChI=1S/C21H23ClN4O/c1-4-26(5-2)20-9-6-15(12-23-20)13-24-21(27)18-11-16-10-17(22)7-8-19(16)25-14(18)3/h6-12H,4-5,13H2,1-3H3,(H,24,27). The predicted octanol–water partition coefficient (Wildman–Crippen LogP) is 4.37. The molecule has 0 saturated heterocycles. The Kier molecular flexibility index (Phi) is 5.91. The number of benzene rings is 1. The Morgan fingerprint density at radius 2 is 1.93 bits per heavy atom. The maximum absolute atomic E-state index is 12.6. The maximum Gasteiger partial charge on any atom is 0.253 e. The van der Waals surface area contributed by atoms with Gasteiger partial charge in [0.2, 0.25) is 0 Å². The van der Waals surface area contributed by atoms with Gasteiger partial charge in [-0.1, -0.05) is 17.7 Å². The number of aromatic nitrogens is 2. The normalized spacial score (nSPS) is 10.8. The Hall–Kier alpha value is -2.66. The number of fused-ring (bicyclic) bond motifs is 1. The second-order valence-corrected chi connectivity index (χ2v) is 6.77. The van der Waals surface area contributed by atoms with Gasteiger partial charge in [-0.25, -0.2) is 4.98 Å². The maximum atomic E-state index is 12.6.